The molecule has 0 atom stereocenters. The van der Waals surface area contributed by atoms with E-state index in [4.69, 9.17) is 9.26 Å². The minimum Gasteiger partial charge on any atom is -0.497 e. The van der Waals surface area contributed by atoms with Crippen molar-refractivity contribution in [3.63, 3.8) is 0 Å². The number of rotatable bonds is 5. The monoisotopic (exact) mass is 406 g/mol. The number of carbonyl (C=O) groups excluding carboxylic acids is 1. The summed E-state index contributed by atoms with van der Waals surface area (Å²) >= 11 is 0. The molecule has 0 N–H and O–H groups in total. The molecule has 0 bridgehead atoms. The molecule has 1 aromatic carbocycles. The molecule has 2 aromatic heterocycles. The lowest BCUT2D eigenvalue weighted by Gasteiger charge is -2.33. The molecule has 1 amide bonds. The van der Waals surface area contributed by atoms with Crippen LogP contribution in [0.1, 0.15) is 43.1 Å². The van der Waals surface area contributed by atoms with Crippen LogP contribution in [-0.4, -0.2) is 45.7 Å². The maximum Gasteiger partial charge on any atom is 0.233 e. The Balaban J connectivity index is 1.24. The van der Waals surface area contributed by atoms with Gasteiger partial charge in [-0.1, -0.05) is 17.3 Å². The molecular formula is C23H26N4O3. The number of nitrogens with zero attached hydrogens (tertiary/aromatic N) is 4. The zero-order valence-corrected chi connectivity index (χ0v) is 17.4. The molecule has 0 spiro atoms. The van der Waals surface area contributed by atoms with Gasteiger partial charge in [0.25, 0.3) is 0 Å². The van der Waals surface area contributed by atoms with Crippen LogP contribution in [0.25, 0.3) is 11.5 Å². The van der Waals surface area contributed by atoms with Gasteiger partial charge >= 0.3 is 0 Å². The van der Waals surface area contributed by atoms with Crippen molar-refractivity contribution in [2.24, 2.45) is 7.05 Å². The topological polar surface area (TPSA) is 73.4 Å². The Labute approximate surface area is 175 Å². The van der Waals surface area contributed by atoms with Crippen LogP contribution in [0, 0.1) is 0 Å². The summed E-state index contributed by atoms with van der Waals surface area (Å²) in [6.45, 7) is 1.45. The number of aromatic nitrogens is 3. The van der Waals surface area contributed by atoms with Crippen molar-refractivity contribution in [2.45, 2.75) is 37.0 Å². The molecule has 2 aliphatic rings. The van der Waals surface area contributed by atoms with E-state index < -0.39 is 0 Å². The molecule has 1 aliphatic carbocycles. The zero-order valence-electron chi connectivity index (χ0n) is 17.4. The average molecular weight is 406 g/mol. The minimum atomic E-state index is -0.344. The molecule has 1 saturated heterocycles. The number of carbonyl (C=O) groups is 1. The number of methoxy groups -OCH3 is 1. The van der Waals surface area contributed by atoms with Crippen molar-refractivity contribution >= 4 is 5.91 Å². The number of hydrogen-bond donors (Lipinski definition) is 0. The van der Waals surface area contributed by atoms with Gasteiger partial charge in [-0.2, -0.15) is 4.98 Å². The Morgan fingerprint density at radius 3 is 2.50 bits per heavy atom. The summed E-state index contributed by atoms with van der Waals surface area (Å²) in [5, 5.41) is 4.15. The average Bonchev–Trinajstić information content (AvgIpc) is 3.25. The van der Waals surface area contributed by atoms with Gasteiger partial charge in [-0.15, -0.1) is 0 Å². The van der Waals surface area contributed by atoms with Crippen LogP contribution in [0.2, 0.25) is 0 Å². The highest BCUT2D eigenvalue weighted by Gasteiger charge is 2.53. The number of likely N-dealkylation sites (tertiary alicyclic amines) is 1. The molecule has 1 saturated carbocycles. The molecular weight excluding hydrogens is 380 g/mol. The van der Waals surface area contributed by atoms with E-state index >= 15 is 0 Å². The highest BCUT2D eigenvalue weighted by atomic mass is 16.5. The minimum absolute atomic E-state index is 0.201. The lowest BCUT2D eigenvalue weighted by atomic mass is 9.91. The van der Waals surface area contributed by atoms with Crippen molar-refractivity contribution in [3.8, 4) is 17.3 Å². The van der Waals surface area contributed by atoms with Crippen molar-refractivity contribution in [3.05, 3.63) is 54.0 Å². The lowest BCUT2D eigenvalue weighted by Crippen LogP contribution is -2.43. The smallest absolute Gasteiger partial charge is 0.233 e. The molecule has 2 fully saturated rings. The van der Waals surface area contributed by atoms with Gasteiger partial charge in [0.15, 0.2) is 0 Å². The Hall–Kier alpha value is -3.09. The third kappa shape index (κ3) is 3.18. The van der Waals surface area contributed by atoms with Crippen LogP contribution >= 0.6 is 0 Å². The highest BCUT2D eigenvalue weighted by Crippen LogP contribution is 2.50. The van der Waals surface area contributed by atoms with Crippen LogP contribution < -0.4 is 4.74 Å². The number of hydrogen-bond acceptors (Lipinski definition) is 5. The zero-order chi connectivity index (χ0) is 20.7. The molecule has 5 rings (SSSR count). The van der Waals surface area contributed by atoms with Gasteiger partial charge < -0.3 is 18.7 Å². The normalized spacial score (nSPS) is 18.4. The van der Waals surface area contributed by atoms with E-state index in [2.05, 4.69) is 10.1 Å². The standard InChI is InChI=1S/C23H26N4O3/c1-26-13-3-4-19(26)20-24-21(30-25-20)16-9-14-27(15-10-16)22(28)23(11-12-23)17-5-7-18(29-2)8-6-17/h3-8,13,16H,9-12,14-15H2,1-2H3. The number of piperidine rings is 1. The van der Waals surface area contributed by atoms with Gasteiger partial charge in [0.1, 0.15) is 5.75 Å². The van der Waals surface area contributed by atoms with Crippen LogP contribution in [-0.2, 0) is 17.3 Å². The first kappa shape index (κ1) is 18.9. The molecule has 7 heteroatoms. The first-order valence-electron chi connectivity index (χ1n) is 10.5. The Morgan fingerprint density at radius 1 is 1.17 bits per heavy atom. The first-order valence-corrected chi connectivity index (χ1v) is 10.5. The molecule has 30 heavy (non-hydrogen) atoms. The fourth-order valence-corrected chi connectivity index (χ4v) is 4.49. The third-order valence-electron chi connectivity index (χ3n) is 6.55. The Morgan fingerprint density at radius 2 is 1.90 bits per heavy atom. The van der Waals surface area contributed by atoms with Crippen molar-refractivity contribution in [1.82, 2.24) is 19.6 Å². The SMILES string of the molecule is COc1ccc(C2(C(=O)N3CCC(c4nc(-c5cccn5C)no4)CC3)CC2)cc1. The van der Waals surface area contributed by atoms with Crippen LogP contribution in [0.4, 0.5) is 0 Å². The lowest BCUT2D eigenvalue weighted by molar-refractivity contribution is -0.135. The van der Waals surface area contributed by atoms with Crippen LogP contribution in [0.15, 0.2) is 47.1 Å². The van der Waals surface area contributed by atoms with E-state index in [1.165, 1.54) is 0 Å². The predicted octanol–water partition coefficient (Wildman–Crippen LogP) is 3.52. The second-order valence-corrected chi connectivity index (χ2v) is 8.34. The molecule has 0 radical (unpaired) electrons. The number of aryl methyl sites for hydroxylation is 1. The van der Waals surface area contributed by atoms with E-state index in [1.807, 2.05) is 59.1 Å². The summed E-state index contributed by atoms with van der Waals surface area (Å²) < 4.78 is 12.8. The maximum atomic E-state index is 13.3. The number of ether oxygens (including phenoxy) is 1. The largest absolute Gasteiger partial charge is 0.497 e. The van der Waals surface area contributed by atoms with Crippen molar-refractivity contribution in [2.75, 3.05) is 20.2 Å². The Kier molecular flexibility index (Phi) is 4.60. The second-order valence-electron chi connectivity index (χ2n) is 8.34. The summed E-state index contributed by atoms with van der Waals surface area (Å²) in [6.07, 6.45) is 5.49. The van der Waals surface area contributed by atoms with Gasteiger partial charge in [-0.05, 0) is 55.5 Å². The fourth-order valence-electron chi connectivity index (χ4n) is 4.49. The van der Waals surface area contributed by atoms with Gasteiger partial charge in [0, 0.05) is 32.3 Å². The number of benzene rings is 1. The van der Waals surface area contributed by atoms with Gasteiger partial charge in [-0.25, -0.2) is 0 Å². The van der Waals surface area contributed by atoms with E-state index in [-0.39, 0.29) is 17.2 Å². The van der Waals surface area contributed by atoms with Crippen LogP contribution in [0.5, 0.6) is 5.75 Å². The van der Waals surface area contributed by atoms with Gasteiger partial charge in [0.05, 0.1) is 18.2 Å². The van der Waals surface area contributed by atoms with Gasteiger partial charge in [0.2, 0.25) is 17.6 Å². The molecule has 3 aromatic rings. The summed E-state index contributed by atoms with van der Waals surface area (Å²) in [5.41, 5.74) is 1.69. The van der Waals surface area contributed by atoms with E-state index in [0.29, 0.717) is 11.7 Å². The summed E-state index contributed by atoms with van der Waals surface area (Å²) in [5.74, 6) is 2.56. The van der Waals surface area contributed by atoms with Gasteiger partial charge in [-0.3, -0.25) is 4.79 Å². The summed E-state index contributed by atoms with van der Waals surface area (Å²) in [7, 11) is 3.62. The first-order chi connectivity index (χ1) is 14.6. The summed E-state index contributed by atoms with van der Waals surface area (Å²) in [4.78, 5) is 20.0. The van der Waals surface area contributed by atoms with E-state index in [1.54, 1.807) is 7.11 Å². The Bertz CT molecular complexity index is 1040. The summed E-state index contributed by atoms with van der Waals surface area (Å²) in [6, 6.07) is 11.9. The van der Waals surface area contributed by atoms with E-state index in [0.717, 1.165) is 55.8 Å². The second kappa shape index (κ2) is 7.31. The third-order valence-corrected chi connectivity index (χ3v) is 6.55. The fraction of sp³-hybridized carbons (Fsp3) is 0.435. The predicted molar refractivity (Wildman–Crippen MR) is 111 cm³/mol. The quantitative estimate of drug-likeness (QED) is 0.648. The molecule has 7 nitrogen and oxygen atoms in total. The number of amides is 1. The highest BCUT2D eigenvalue weighted by molar-refractivity contribution is 5.91. The van der Waals surface area contributed by atoms with Crippen molar-refractivity contribution < 1.29 is 14.1 Å². The molecule has 0 unspecified atom stereocenters. The van der Waals surface area contributed by atoms with Crippen LogP contribution in [0.3, 0.4) is 0 Å². The van der Waals surface area contributed by atoms with Crippen molar-refractivity contribution in [1.29, 1.82) is 0 Å². The van der Waals surface area contributed by atoms with E-state index in [9.17, 15) is 4.79 Å². The molecule has 1 aliphatic heterocycles. The molecule has 3 heterocycles. The maximum absolute atomic E-state index is 13.3. The molecule has 156 valence electrons.